The minimum atomic E-state index is 0. The Labute approximate surface area is 177 Å². The van der Waals surface area contributed by atoms with Gasteiger partial charge < -0.3 is 20.5 Å². The normalized spacial score (nSPS) is 10.9. The van der Waals surface area contributed by atoms with Gasteiger partial charge in [0.15, 0.2) is 17.5 Å². The Balaban J connectivity index is 0.00000338. The molecular weight excluding hydrogens is 465 g/mol. The van der Waals surface area contributed by atoms with Crippen molar-refractivity contribution in [3.8, 4) is 11.5 Å². The van der Waals surface area contributed by atoms with Crippen LogP contribution in [-0.2, 0) is 6.54 Å². The molecule has 0 saturated carbocycles. The van der Waals surface area contributed by atoms with E-state index in [2.05, 4.69) is 16.4 Å². The standard InChI is InChI=1S/C19H24ClN3O2.HI/c1-5-25-18-16(20)9-14(10-17(18)24-4)11-22-19(21)23-15-7-12(2)6-13(3)8-15;/h6-10H,5,11H2,1-4H3,(H3,21,22,23);1H. The second kappa shape index (κ2) is 10.5. The van der Waals surface area contributed by atoms with Crippen molar-refractivity contribution in [1.29, 1.82) is 0 Å². The zero-order valence-corrected chi connectivity index (χ0v) is 18.5. The Bertz CT molecular complexity index is 761. The maximum Gasteiger partial charge on any atom is 0.193 e. The number of nitrogens with one attached hydrogen (secondary N) is 1. The van der Waals surface area contributed by atoms with Crippen molar-refractivity contribution in [1.82, 2.24) is 0 Å². The Morgan fingerprint density at radius 3 is 2.38 bits per heavy atom. The number of ether oxygens (including phenoxy) is 2. The quantitative estimate of drug-likeness (QED) is 0.344. The van der Waals surface area contributed by atoms with Crippen LogP contribution in [0.15, 0.2) is 35.3 Å². The zero-order valence-electron chi connectivity index (χ0n) is 15.4. The largest absolute Gasteiger partial charge is 0.493 e. The van der Waals surface area contributed by atoms with Gasteiger partial charge in [-0.15, -0.1) is 24.0 Å². The van der Waals surface area contributed by atoms with Gasteiger partial charge in [0.05, 0.1) is 25.3 Å². The molecule has 0 aliphatic rings. The lowest BCUT2D eigenvalue weighted by Crippen LogP contribution is -2.22. The van der Waals surface area contributed by atoms with Crippen LogP contribution >= 0.6 is 35.6 Å². The SMILES string of the molecule is CCOc1c(Cl)cc(CN=C(N)Nc2cc(C)cc(C)c2)cc1OC.I. The van der Waals surface area contributed by atoms with Crippen LogP contribution in [0.4, 0.5) is 5.69 Å². The van der Waals surface area contributed by atoms with E-state index >= 15 is 0 Å². The molecule has 5 nitrogen and oxygen atoms in total. The molecule has 0 heterocycles. The summed E-state index contributed by atoms with van der Waals surface area (Å²) in [6, 6.07) is 9.80. The molecule has 0 aromatic heterocycles. The molecule has 0 atom stereocenters. The second-order valence-corrected chi connectivity index (χ2v) is 6.15. The number of methoxy groups -OCH3 is 1. The fraction of sp³-hybridized carbons (Fsp3) is 0.316. The van der Waals surface area contributed by atoms with E-state index in [0.29, 0.717) is 35.6 Å². The van der Waals surface area contributed by atoms with Crippen LogP contribution in [0.3, 0.4) is 0 Å². The van der Waals surface area contributed by atoms with Crippen molar-refractivity contribution in [3.63, 3.8) is 0 Å². The molecule has 142 valence electrons. The van der Waals surface area contributed by atoms with Gasteiger partial charge in [-0.25, -0.2) is 4.99 Å². The first-order valence-corrected chi connectivity index (χ1v) is 8.45. The van der Waals surface area contributed by atoms with Crippen LogP contribution in [0.1, 0.15) is 23.6 Å². The molecule has 26 heavy (non-hydrogen) atoms. The van der Waals surface area contributed by atoms with Gasteiger partial charge in [-0.3, -0.25) is 0 Å². The van der Waals surface area contributed by atoms with Crippen molar-refractivity contribution in [3.05, 3.63) is 52.0 Å². The van der Waals surface area contributed by atoms with Gasteiger partial charge in [0.1, 0.15) is 0 Å². The number of rotatable bonds is 6. The molecule has 0 fully saturated rings. The van der Waals surface area contributed by atoms with Crippen LogP contribution in [-0.4, -0.2) is 19.7 Å². The predicted molar refractivity (Wildman–Crippen MR) is 119 cm³/mol. The van der Waals surface area contributed by atoms with Gasteiger partial charge in [0.25, 0.3) is 0 Å². The van der Waals surface area contributed by atoms with Crippen molar-refractivity contribution in [2.24, 2.45) is 10.7 Å². The van der Waals surface area contributed by atoms with E-state index in [0.717, 1.165) is 11.3 Å². The third-order valence-electron chi connectivity index (χ3n) is 3.50. The number of anilines is 1. The van der Waals surface area contributed by atoms with Gasteiger partial charge in [-0.2, -0.15) is 0 Å². The Hall–Kier alpha value is -1.67. The van der Waals surface area contributed by atoms with Gasteiger partial charge in [0, 0.05) is 5.69 Å². The first-order valence-electron chi connectivity index (χ1n) is 8.07. The van der Waals surface area contributed by atoms with Crippen molar-refractivity contribution in [2.45, 2.75) is 27.3 Å². The predicted octanol–water partition coefficient (Wildman–Crippen LogP) is 4.91. The molecule has 0 amide bonds. The number of aliphatic imine (C=N–C) groups is 1. The highest BCUT2D eigenvalue weighted by atomic mass is 127. The van der Waals surface area contributed by atoms with Crippen LogP contribution < -0.4 is 20.5 Å². The van der Waals surface area contributed by atoms with Gasteiger partial charge in [0.2, 0.25) is 0 Å². The zero-order chi connectivity index (χ0) is 18.4. The molecule has 0 saturated heterocycles. The van der Waals surface area contributed by atoms with Crippen LogP contribution in [0.5, 0.6) is 11.5 Å². The average molecular weight is 490 g/mol. The van der Waals surface area contributed by atoms with E-state index in [1.807, 2.05) is 45.0 Å². The summed E-state index contributed by atoms with van der Waals surface area (Å²) in [5.41, 5.74) is 10.1. The molecule has 2 aromatic carbocycles. The topological polar surface area (TPSA) is 68.9 Å². The average Bonchev–Trinajstić information content (AvgIpc) is 2.54. The minimum Gasteiger partial charge on any atom is -0.493 e. The van der Waals surface area contributed by atoms with E-state index in [1.54, 1.807) is 7.11 Å². The van der Waals surface area contributed by atoms with E-state index < -0.39 is 0 Å². The lowest BCUT2D eigenvalue weighted by Gasteiger charge is -2.13. The lowest BCUT2D eigenvalue weighted by molar-refractivity contribution is 0.311. The smallest absolute Gasteiger partial charge is 0.193 e. The molecule has 0 radical (unpaired) electrons. The molecule has 3 N–H and O–H groups in total. The third kappa shape index (κ3) is 6.25. The Morgan fingerprint density at radius 2 is 1.81 bits per heavy atom. The van der Waals surface area contributed by atoms with Gasteiger partial charge in [-0.05, 0) is 61.7 Å². The summed E-state index contributed by atoms with van der Waals surface area (Å²) in [4.78, 5) is 4.37. The number of nitrogens with zero attached hydrogens (tertiary/aromatic N) is 1. The maximum absolute atomic E-state index is 6.27. The summed E-state index contributed by atoms with van der Waals surface area (Å²) < 4.78 is 10.9. The number of hydrogen-bond acceptors (Lipinski definition) is 3. The van der Waals surface area contributed by atoms with Crippen LogP contribution in [0.2, 0.25) is 5.02 Å². The number of halogens is 2. The Morgan fingerprint density at radius 1 is 1.15 bits per heavy atom. The second-order valence-electron chi connectivity index (χ2n) is 5.74. The molecule has 2 aromatic rings. The summed E-state index contributed by atoms with van der Waals surface area (Å²) in [6.07, 6.45) is 0. The lowest BCUT2D eigenvalue weighted by atomic mass is 10.1. The molecule has 0 bridgehead atoms. The summed E-state index contributed by atoms with van der Waals surface area (Å²) in [7, 11) is 1.58. The van der Waals surface area contributed by atoms with Crippen molar-refractivity contribution < 1.29 is 9.47 Å². The highest BCUT2D eigenvalue weighted by Gasteiger charge is 2.11. The molecule has 0 aliphatic carbocycles. The summed E-state index contributed by atoms with van der Waals surface area (Å²) in [5.74, 6) is 1.47. The fourth-order valence-electron chi connectivity index (χ4n) is 2.56. The number of nitrogens with two attached hydrogens (primary N) is 1. The summed E-state index contributed by atoms with van der Waals surface area (Å²) in [6.45, 7) is 6.87. The first-order chi connectivity index (χ1) is 11.9. The highest BCUT2D eigenvalue weighted by Crippen LogP contribution is 2.36. The van der Waals surface area contributed by atoms with E-state index in [4.69, 9.17) is 26.8 Å². The minimum absolute atomic E-state index is 0. The van der Waals surface area contributed by atoms with Crippen molar-refractivity contribution >= 4 is 47.2 Å². The summed E-state index contributed by atoms with van der Waals surface area (Å²) >= 11 is 6.27. The van der Waals surface area contributed by atoms with E-state index in [9.17, 15) is 0 Å². The number of aryl methyl sites for hydroxylation is 2. The maximum atomic E-state index is 6.27. The van der Waals surface area contributed by atoms with Crippen molar-refractivity contribution in [2.75, 3.05) is 19.0 Å². The summed E-state index contributed by atoms with van der Waals surface area (Å²) in [5, 5.41) is 3.60. The van der Waals surface area contributed by atoms with Crippen LogP contribution in [0, 0.1) is 13.8 Å². The Kier molecular flexibility index (Phi) is 9.01. The van der Waals surface area contributed by atoms with Crippen LogP contribution in [0.25, 0.3) is 0 Å². The number of benzene rings is 2. The third-order valence-corrected chi connectivity index (χ3v) is 3.78. The molecular formula is C19H25ClIN3O2. The first kappa shape index (κ1) is 22.4. The van der Waals surface area contributed by atoms with E-state index in [1.165, 1.54) is 11.1 Å². The monoisotopic (exact) mass is 489 g/mol. The number of guanidine groups is 1. The highest BCUT2D eigenvalue weighted by molar-refractivity contribution is 14.0. The molecule has 2 rings (SSSR count). The fourth-order valence-corrected chi connectivity index (χ4v) is 2.85. The molecule has 0 unspecified atom stereocenters. The molecule has 7 heteroatoms. The molecule has 0 aliphatic heterocycles. The van der Waals surface area contributed by atoms with Gasteiger partial charge in [-0.1, -0.05) is 17.7 Å². The van der Waals surface area contributed by atoms with E-state index in [-0.39, 0.29) is 24.0 Å². The van der Waals surface area contributed by atoms with Gasteiger partial charge >= 0.3 is 0 Å². The number of hydrogen-bond donors (Lipinski definition) is 2. The molecule has 0 spiro atoms.